The molecule has 0 unspecified atom stereocenters. The minimum absolute atomic E-state index is 0.680. The molecule has 0 saturated heterocycles. The highest BCUT2D eigenvalue weighted by Gasteiger charge is 2.25. The zero-order valence-corrected chi connectivity index (χ0v) is 24.3. The van der Waals surface area contributed by atoms with Gasteiger partial charge >= 0.3 is 0 Å². The lowest BCUT2D eigenvalue weighted by atomic mass is 10.0. The van der Waals surface area contributed by atoms with Crippen molar-refractivity contribution in [1.82, 2.24) is 19.5 Å². The van der Waals surface area contributed by atoms with Gasteiger partial charge in [0.2, 0.25) is 5.95 Å². The highest BCUT2D eigenvalue weighted by Crippen LogP contribution is 2.51. The summed E-state index contributed by atoms with van der Waals surface area (Å²) in [5.41, 5.74) is 5.19. The lowest BCUT2D eigenvalue weighted by Gasteiger charge is -2.12. The second kappa shape index (κ2) is 8.67. The van der Waals surface area contributed by atoms with Gasteiger partial charge in [-0.1, -0.05) is 84.9 Å². The number of nitrogens with zero attached hydrogens (tertiary/aromatic N) is 4. The van der Waals surface area contributed by atoms with E-state index < -0.39 is 0 Å². The van der Waals surface area contributed by atoms with E-state index in [1.807, 2.05) is 23.6 Å². The van der Waals surface area contributed by atoms with Crippen LogP contribution in [-0.2, 0) is 0 Å². The first-order chi connectivity index (χ1) is 21.3. The van der Waals surface area contributed by atoms with Gasteiger partial charge in [-0.25, -0.2) is 15.0 Å². The first-order valence-corrected chi connectivity index (χ1v) is 15.8. The highest BCUT2D eigenvalue weighted by molar-refractivity contribution is 7.30. The summed E-state index contributed by atoms with van der Waals surface area (Å²) in [6.45, 7) is 0. The van der Waals surface area contributed by atoms with Crippen molar-refractivity contribution in [3.63, 3.8) is 0 Å². The first-order valence-electron chi connectivity index (χ1n) is 14.2. The molecule has 0 atom stereocenters. The fourth-order valence-corrected chi connectivity index (χ4v) is 9.23. The fraction of sp³-hybridized carbons (Fsp3) is 0. The summed E-state index contributed by atoms with van der Waals surface area (Å²) in [6, 6.07) is 40.5. The van der Waals surface area contributed by atoms with Crippen LogP contribution in [0.4, 0.5) is 0 Å². The van der Waals surface area contributed by atoms with Crippen LogP contribution in [0.2, 0.25) is 0 Å². The number of fused-ring (bicyclic) bond motifs is 13. The zero-order valence-electron chi connectivity index (χ0n) is 22.7. The monoisotopic (exact) mass is 584 g/mol. The smallest absolute Gasteiger partial charge is 0.235 e. The lowest BCUT2D eigenvalue weighted by molar-refractivity contribution is 1.02. The van der Waals surface area contributed by atoms with Crippen LogP contribution in [0, 0.1) is 0 Å². The predicted octanol–water partition coefficient (Wildman–Crippen LogP) is 10.5. The molecule has 0 N–H and O–H groups in total. The Hall–Kier alpha value is -5.17. The summed E-state index contributed by atoms with van der Waals surface area (Å²) in [7, 11) is 0. The Morgan fingerprint density at radius 1 is 0.535 bits per heavy atom. The molecular weight excluding hydrogens is 565 g/mol. The molecule has 0 aliphatic carbocycles. The Morgan fingerprint density at radius 3 is 2.14 bits per heavy atom. The van der Waals surface area contributed by atoms with E-state index >= 15 is 0 Å². The van der Waals surface area contributed by atoms with Crippen LogP contribution in [0.3, 0.4) is 0 Å². The minimum Gasteiger partial charge on any atom is -0.277 e. The average Bonchev–Trinajstić information content (AvgIpc) is 3.74. The third kappa shape index (κ3) is 3.16. The molecule has 5 aromatic heterocycles. The zero-order chi connectivity index (χ0) is 28.1. The standard InChI is InChI=1S/C37H20N4S2/c1-2-11-21(12-3-1)32-22-13-4-7-17-26(22)39-37(40-32)41-27-18-8-5-14-23(27)29-33(41)30-24-15-6-9-19-28(24)42-34(30)31-25-16-10-20-38-36(25)43-35(29)31/h1-20H. The van der Waals surface area contributed by atoms with Gasteiger partial charge in [-0.2, -0.15) is 0 Å². The Labute approximate surface area is 253 Å². The lowest BCUT2D eigenvalue weighted by Crippen LogP contribution is -2.03. The number of aromatic nitrogens is 4. The van der Waals surface area contributed by atoms with Crippen molar-refractivity contribution in [2.75, 3.05) is 0 Å². The minimum atomic E-state index is 0.680. The summed E-state index contributed by atoms with van der Waals surface area (Å²) in [5, 5.41) is 8.50. The predicted molar refractivity (Wildman–Crippen MR) is 183 cm³/mol. The third-order valence-electron chi connectivity index (χ3n) is 8.47. The van der Waals surface area contributed by atoms with Gasteiger partial charge in [0.25, 0.3) is 0 Å². The Bertz CT molecular complexity index is 2700. The molecule has 10 rings (SSSR count). The van der Waals surface area contributed by atoms with Gasteiger partial charge in [-0.15, -0.1) is 22.7 Å². The van der Waals surface area contributed by atoms with Crippen molar-refractivity contribution in [2.24, 2.45) is 0 Å². The number of pyridine rings is 1. The van der Waals surface area contributed by atoms with E-state index in [1.165, 1.54) is 46.4 Å². The van der Waals surface area contributed by atoms with E-state index in [0.717, 1.165) is 38.0 Å². The molecule has 0 aliphatic rings. The van der Waals surface area contributed by atoms with Crippen LogP contribution in [-0.4, -0.2) is 19.5 Å². The highest BCUT2D eigenvalue weighted by atomic mass is 32.1. The largest absolute Gasteiger partial charge is 0.277 e. The van der Waals surface area contributed by atoms with E-state index in [2.05, 4.69) is 114 Å². The second-order valence-corrected chi connectivity index (χ2v) is 12.8. The van der Waals surface area contributed by atoms with Gasteiger partial charge < -0.3 is 0 Å². The number of hydrogen-bond donors (Lipinski definition) is 0. The Balaban J connectivity index is 1.49. The van der Waals surface area contributed by atoms with Gasteiger partial charge in [0.1, 0.15) is 4.83 Å². The molecule has 10 aromatic rings. The number of thiophene rings is 2. The molecule has 0 bridgehead atoms. The summed E-state index contributed by atoms with van der Waals surface area (Å²) in [5.74, 6) is 0.680. The van der Waals surface area contributed by atoms with Crippen LogP contribution in [0.15, 0.2) is 121 Å². The van der Waals surface area contributed by atoms with E-state index in [4.69, 9.17) is 15.0 Å². The molecule has 0 amide bonds. The van der Waals surface area contributed by atoms with Gasteiger partial charge in [-0.05, 0) is 30.3 Å². The van der Waals surface area contributed by atoms with Crippen molar-refractivity contribution in [3.05, 3.63) is 121 Å². The Kier molecular flexibility index (Phi) is 4.72. The van der Waals surface area contributed by atoms with Gasteiger partial charge in [-0.3, -0.25) is 4.57 Å². The van der Waals surface area contributed by atoms with E-state index in [0.29, 0.717) is 5.95 Å². The molecule has 0 aliphatic heterocycles. The van der Waals surface area contributed by atoms with Crippen molar-refractivity contribution in [3.8, 4) is 17.2 Å². The van der Waals surface area contributed by atoms with Crippen LogP contribution in [0.1, 0.15) is 0 Å². The molecule has 5 heterocycles. The SMILES string of the molecule is c1ccc(-c2nc(-n3c4ccccc4c4c5sc6ncccc6c5c5sc6ccccc6c5c43)nc3ccccc23)cc1. The molecule has 6 heteroatoms. The van der Waals surface area contributed by atoms with E-state index in [-0.39, 0.29) is 0 Å². The van der Waals surface area contributed by atoms with Crippen molar-refractivity contribution in [2.45, 2.75) is 0 Å². The van der Waals surface area contributed by atoms with Crippen LogP contribution >= 0.6 is 22.7 Å². The summed E-state index contributed by atoms with van der Waals surface area (Å²) in [6.07, 6.45) is 1.90. The third-order valence-corrected chi connectivity index (χ3v) is 10.8. The molecular formula is C37H20N4S2. The number of benzene rings is 5. The summed E-state index contributed by atoms with van der Waals surface area (Å²) >= 11 is 3.65. The quantitative estimate of drug-likeness (QED) is 0.203. The summed E-state index contributed by atoms with van der Waals surface area (Å²) < 4.78 is 6.14. The molecule has 0 radical (unpaired) electrons. The normalized spacial score (nSPS) is 12.2. The molecule has 0 spiro atoms. The maximum atomic E-state index is 5.35. The Morgan fingerprint density at radius 2 is 1.23 bits per heavy atom. The molecule has 0 saturated carbocycles. The number of rotatable bonds is 2. The number of para-hydroxylation sites is 2. The topological polar surface area (TPSA) is 43.6 Å². The molecule has 200 valence electrons. The second-order valence-electron chi connectivity index (χ2n) is 10.8. The van der Waals surface area contributed by atoms with Crippen molar-refractivity contribution in [1.29, 1.82) is 0 Å². The van der Waals surface area contributed by atoms with E-state index in [9.17, 15) is 0 Å². The number of hydrogen-bond acceptors (Lipinski definition) is 5. The molecule has 43 heavy (non-hydrogen) atoms. The molecule has 4 nitrogen and oxygen atoms in total. The van der Waals surface area contributed by atoms with Gasteiger partial charge in [0, 0.05) is 63.6 Å². The average molecular weight is 585 g/mol. The molecule has 5 aromatic carbocycles. The summed E-state index contributed by atoms with van der Waals surface area (Å²) in [4.78, 5) is 16.5. The van der Waals surface area contributed by atoms with Crippen LogP contribution in [0.5, 0.6) is 0 Å². The molecule has 0 fully saturated rings. The van der Waals surface area contributed by atoms with Crippen molar-refractivity contribution >= 4 is 95.9 Å². The van der Waals surface area contributed by atoms with Crippen LogP contribution < -0.4 is 0 Å². The van der Waals surface area contributed by atoms with Gasteiger partial charge in [0.15, 0.2) is 0 Å². The van der Waals surface area contributed by atoms with Gasteiger partial charge in [0.05, 0.1) is 22.2 Å². The van der Waals surface area contributed by atoms with Crippen LogP contribution in [0.25, 0.3) is 90.4 Å². The maximum Gasteiger partial charge on any atom is 0.235 e. The van der Waals surface area contributed by atoms with E-state index in [1.54, 1.807) is 11.3 Å². The van der Waals surface area contributed by atoms with Crippen molar-refractivity contribution < 1.29 is 0 Å². The fourth-order valence-electron chi connectivity index (χ4n) is 6.69. The maximum absolute atomic E-state index is 5.35. The first kappa shape index (κ1) is 23.4.